The second kappa shape index (κ2) is 9.71. The van der Waals surface area contributed by atoms with Crippen molar-refractivity contribution in [2.24, 2.45) is 0 Å². The van der Waals surface area contributed by atoms with Gasteiger partial charge in [-0.3, -0.25) is 0 Å². The minimum atomic E-state index is -0.585. The third-order valence-corrected chi connectivity index (χ3v) is 2.90. The van der Waals surface area contributed by atoms with E-state index in [0.29, 0.717) is 12.8 Å². The van der Waals surface area contributed by atoms with Crippen molar-refractivity contribution in [3.63, 3.8) is 0 Å². The molecule has 0 saturated carbocycles. The molecule has 1 amide bonds. The van der Waals surface area contributed by atoms with Crippen LogP contribution in [-0.4, -0.2) is 69.1 Å². The SMILES string of the molecule is CCC(C)N(CC(OC)OC)N(CC=O)C(=O)OC. The monoisotopic (exact) mass is 276 g/mol. The number of rotatable bonds is 9. The smallest absolute Gasteiger partial charge is 0.424 e. The van der Waals surface area contributed by atoms with Crippen LogP contribution in [0.1, 0.15) is 20.3 Å². The first kappa shape index (κ1) is 17.8. The van der Waals surface area contributed by atoms with E-state index in [1.54, 1.807) is 5.01 Å². The van der Waals surface area contributed by atoms with Gasteiger partial charge in [-0.25, -0.2) is 14.8 Å². The van der Waals surface area contributed by atoms with E-state index >= 15 is 0 Å². The molecule has 0 aliphatic rings. The van der Waals surface area contributed by atoms with E-state index in [0.717, 1.165) is 6.42 Å². The number of aldehydes is 1. The van der Waals surface area contributed by atoms with Crippen molar-refractivity contribution in [2.45, 2.75) is 32.6 Å². The van der Waals surface area contributed by atoms with E-state index in [1.807, 2.05) is 13.8 Å². The summed E-state index contributed by atoms with van der Waals surface area (Å²) >= 11 is 0. The molecule has 0 bridgehead atoms. The van der Waals surface area contributed by atoms with E-state index in [9.17, 15) is 9.59 Å². The first-order valence-electron chi connectivity index (χ1n) is 6.16. The van der Waals surface area contributed by atoms with Crippen LogP contribution in [0, 0.1) is 0 Å². The molecule has 0 N–H and O–H groups in total. The number of carbonyl (C=O) groups excluding carboxylic acids is 2. The maximum atomic E-state index is 11.7. The number of hydrogen-bond donors (Lipinski definition) is 0. The van der Waals surface area contributed by atoms with Crippen molar-refractivity contribution >= 4 is 12.4 Å². The number of hydrazine groups is 1. The molecule has 0 aliphatic heterocycles. The molecule has 0 radical (unpaired) electrons. The number of hydrogen-bond acceptors (Lipinski definition) is 6. The van der Waals surface area contributed by atoms with Crippen LogP contribution < -0.4 is 0 Å². The van der Waals surface area contributed by atoms with Crippen molar-refractivity contribution in [3.8, 4) is 0 Å². The molecule has 0 aliphatic carbocycles. The molecule has 7 heteroatoms. The third kappa shape index (κ3) is 5.54. The highest BCUT2D eigenvalue weighted by Crippen LogP contribution is 2.11. The van der Waals surface area contributed by atoms with Gasteiger partial charge in [0.15, 0.2) is 6.29 Å². The molecule has 1 unspecified atom stereocenters. The van der Waals surface area contributed by atoms with Gasteiger partial charge in [0.2, 0.25) is 0 Å². The van der Waals surface area contributed by atoms with Gasteiger partial charge in [0.05, 0.1) is 20.2 Å². The molecule has 0 fully saturated rings. The second-order valence-corrected chi connectivity index (χ2v) is 4.00. The van der Waals surface area contributed by atoms with Gasteiger partial charge in [0.25, 0.3) is 0 Å². The molecule has 0 saturated heterocycles. The number of amides is 1. The minimum Gasteiger partial charge on any atom is -0.452 e. The lowest BCUT2D eigenvalue weighted by Crippen LogP contribution is -2.54. The lowest BCUT2D eigenvalue weighted by molar-refractivity contribution is -0.155. The predicted molar refractivity (Wildman–Crippen MR) is 69.4 cm³/mol. The lowest BCUT2D eigenvalue weighted by Gasteiger charge is -2.38. The lowest BCUT2D eigenvalue weighted by atomic mass is 10.2. The minimum absolute atomic E-state index is 0.0341. The Morgan fingerprint density at radius 3 is 2.21 bits per heavy atom. The summed E-state index contributed by atoms with van der Waals surface area (Å²) in [6.45, 7) is 4.19. The van der Waals surface area contributed by atoms with Crippen LogP contribution in [-0.2, 0) is 19.0 Å². The molecule has 0 aromatic rings. The Kier molecular flexibility index (Phi) is 9.11. The second-order valence-electron chi connectivity index (χ2n) is 4.00. The molecule has 1 atom stereocenters. The van der Waals surface area contributed by atoms with Gasteiger partial charge in [0, 0.05) is 20.3 Å². The fraction of sp³-hybridized carbons (Fsp3) is 0.833. The quantitative estimate of drug-likeness (QED) is 0.354. The van der Waals surface area contributed by atoms with Crippen LogP contribution in [0.3, 0.4) is 0 Å². The number of carbonyl (C=O) groups is 2. The topological polar surface area (TPSA) is 68.3 Å². The molecular formula is C12H24N2O5. The summed E-state index contributed by atoms with van der Waals surface area (Å²) < 4.78 is 15.0. The van der Waals surface area contributed by atoms with E-state index < -0.39 is 12.4 Å². The molecule has 0 aromatic heterocycles. The average Bonchev–Trinajstić information content (AvgIpc) is 2.45. The van der Waals surface area contributed by atoms with Gasteiger partial charge in [-0.1, -0.05) is 6.92 Å². The normalized spacial score (nSPS) is 12.6. The van der Waals surface area contributed by atoms with Crippen molar-refractivity contribution in [1.29, 1.82) is 0 Å². The largest absolute Gasteiger partial charge is 0.452 e. The first-order chi connectivity index (χ1) is 9.05. The Labute approximate surface area is 114 Å². The summed E-state index contributed by atoms with van der Waals surface area (Å²) in [5, 5.41) is 2.98. The highest BCUT2D eigenvalue weighted by molar-refractivity contribution is 5.70. The van der Waals surface area contributed by atoms with Gasteiger partial charge in [-0.15, -0.1) is 0 Å². The van der Waals surface area contributed by atoms with Crippen molar-refractivity contribution < 1.29 is 23.8 Å². The number of methoxy groups -OCH3 is 3. The van der Waals surface area contributed by atoms with Gasteiger partial charge in [-0.05, 0) is 13.3 Å². The van der Waals surface area contributed by atoms with E-state index in [4.69, 9.17) is 14.2 Å². The maximum Gasteiger partial charge on any atom is 0.424 e. The summed E-state index contributed by atoms with van der Waals surface area (Å²) in [5.41, 5.74) is 0. The Morgan fingerprint density at radius 2 is 1.84 bits per heavy atom. The highest BCUT2D eigenvalue weighted by Gasteiger charge is 2.28. The van der Waals surface area contributed by atoms with Gasteiger partial charge in [0.1, 0.15) is 6.29 Å². The summed E-state index contributed by atoms with van der Waals surface area (Å²) in [6, 6.07) is 0.0341. The molecule has 19 heavy (non-hydrogen) atoms. The summed E-state index contributed by atoms with van der Waals surface area (Å²) in [7, 11) is 4.31. The predicted octanol–water partition coefficient (Wildman–Crippen LogP) is 0.888. The standard InChI is InChI=1S/C12H24N2O5/c1-6-10(2)14(9-11(17-3)18-4)13(7-8-15)12(16)19-5/h8,10-11H,6-7,9H2,1-5H3. The van der Waals surface area contributed by atoms with Crippen molar-refractivity contribution in [1.82, 2.24) is 10.0 Å². The van der Waals surface area contributed by atoms with Crippen LogP contribution >= 0.6 is 0 Å². The van der Waals surface area contributed by atoms with Crippen molar-refractivity contribution in [2.75, 3.05) is 34.4 Å². The van der Waals surface area contributed by atoms with Gasteiger partial charge in [-0.2, -0.15) is 0 Å². The fourth-order valence-corrected chi connectivity index (χ4v) is 1.59. The van der Waals surface area contributed by atoms with Crippen LogP contribution in [0.4, 0.5) is 4.79 Å². The van der Waals surface area contributed by atoms with Crippen LogP contribution in [0.25, 0.3) is 0 Å². The third-order valence-electron chi connectivity index (χ3n) is 2.90. The highest BCUT2D eigenvalue weighted by atomic mass is 16.7. The molecular weight excluding hydrogens is 252 g/mol. The summed E-state index contributed by atoms with van der Waals surface area (Å²) in [5.74, 6) is 0. The first-order valence-corrected chi connectivity index (χ1v) is 6.16. The van der Waals surface area contributed by atoms with E-state index in [-0.39, 0.29) is 12.6 Å². The zero-order valence-electron chi connectivity index (χ0n) is 12.3. The summed E-state index contributed by atoms with van der Waals surface area (Å²) in [6.07, 6.45) is 0.374. The number of ether oxygens (including phenoxy) is 3. The zero-order chi connectivity index (χ0) is 14.8. The van der Waals surface area contributed by atoms with Gasteiger partial charge < -0.3 is 19.0 Å². The molecule has 0 rings (SSSR count). The van der Waals surface area contributed by atoms with Crippen LogP contribution in [0.5, 0.6) is 0 Å². The molecule has 0 heterocycles. The Bertz CT molecular complexity index is 271. The van der Waals surface area contributed by atoms with E-state index in [2.05, 4.69) is 0 Å². The fourth-order valence-electron chi connectivity index (χ4n) is 1.59. The Morgan fingerprint density at radius 1 is 1.26 bits per heavy atom. The van der Waals surface area contributed by atoms with Crippen LogP contribution in [0.2, 0.25) is 0 Å². The zero-order valence-corrected chi connectivity index (χ0v) is 12.3. The molecule has 0 aromatic carbocycles. The Hall–Kier alpha value is -1.18. The van der Waals surface area contributed by atoms with Crippen molar-refractivity contribution in [3.05, 3.63) is 0 Å². The molecule has 0 spiro atoms. The number of nitrogens with zero attached hydrogens (tertiary/aromatic N) is 2. The van der Waals surface area contributed by atoms with E-state index in [1.165, 1.54) is 26.3 Å². The maximum absolute atomic E-state index is 11.7. The summed E-state index contributed by atoms with van der Waals surface area (Å²) in [4.78, 5) is 22.5. The Balaban J connectivity index is 5.04. The molecule has 7 nitrogen and oxygen atoms in total. The van der Waals surface area contributed by atoms with Crippen LogP contribution in [0.15, 0.2) is 0 Å². The average molecular weight is 276 g/mol. The van der Waals surface area contributed by atoms with Gasteiger partial charge >= 0.3 is 6.09 Å². The molecule has 112 valence electrons.